The van der Waals surface area contributed by atoms with E-state index >= 15 is 0 Å². The van der Waals surface area contributed by atoms with Gasteiger partial charge in [-0.1, -0.05) is 72.3 Å². The molecule has 0 N–H and O–H groups in total. The molecule has 2 aromatic carbocycles. The molecule has 0 bridgehead atoms. The second kappa shape index (κ2) is 7.68. The number of hydrogen-bond donors (Lipinski definition) is 0. The summed E-state index contributed by atoms with van der Waals surface area (Å²) in [5, 5.41) is 0. The summed E-state index contributed by atoms with van der Waals surface area (Å²) in [7, 11) is 0. The number of benzene rings is 2. The first-order valence-corrected chi connectivity index (χ1v) is 10.2. The van der Waals surface area contributed by atoms with Crippen LogP contribution in [0.4, 0.5) is 0 Å². The molecule has 27 heavy (non-hydrogen) atoms. The molecule has 0 radical (unpaired) electrons. The fourth-order valence-corrected chi connectivity index (χ4v) is 5.11. The topological polar surface area (TPSA) is 17.1 Å². The van der Waals surface area contributed by atoms with Crippen LogP contribution in [0.15, 0.2) is 78.9 Å². The number of allylic oxidation sites excluding steroid dienone is 3. The van der Waals surface area contributed by atoms with E-state index in [1.807, 2.05) is 24.3 Å². The molecule has 0 unspecified atom stereocenters. The maximum Gasteiger partial charge on any atom is 0.170 e. The van der Waals surface area contributed by atoms with Crippen molar-refractivity contribution in [1.82, 2.24) is 0 Å². The zero-order chi connectivity index (χ0) is 18.7. The number of carbonyl (C=O) groups is 1. The van der Waals surface area contributed by atoms with Gasteiger partial charge >= 0.3 is 0 Å². The zero-order valence-electron chi connectivity index (χ0n) is 16.0. The van der Waals surface area contributed by atoms with Gasteiger partial charge in [-0.05, 0) is 56.1 Å². The molecule has 0 heterocycles. The molecular formula is C26H28O. The number of ketones is 1. The lowest BCUT2D eigenvalue weighted by Crippen LogP contribution is -2.44. The van der Waals surface area contributed by atoms with Crippen molar-refractivity contribution in [3.8, 4) is 0 Å². The maximum absolute atomic E-state index is 13.9. The van der Waals surface area contributed by atoms with Crippen molar-refractivity contribution < 1.29 is 4.79 Å². The summed E-state index contributed by atoms with van der Waals surface area (Å²) in [6, 6.07) is 18.7. The van der Waals surface area contributed by atoms with E-state index in [-0.39, 0.29) is 5.92 Å². The lowest BCUT2D eigenvalue weighted by molar-refractivity contribution is 0.0690. The highest BCUT2D eigenvalue weighted by atomic mass is 16.1. The summed E-state index contributed by atoms with van der Waals surface area (Å²) < 4.78 is 0. The maximum atomic E-state index is 13.9. The summed E-state index contributed by atoms with van der Waals surface area (Å²) in [6.07, 6.45) is 11.8. The van der Waals surface area contributed by atoms with E-state index in [0.717, 1.165) is 37.7 Å². The van der Waals surface area contributed by atoms with Gasteiger partial charge in [0, 0.05) is 16.9 Å². The van der Waals surface area contributed by atoms with E-state index < -0.39 is 5.41 Å². The smallest absolute Gasteiger partial charge is 0.170 e. The Balaban J connectivity index is 1.82. The molecule has 1 nitrogen and oxygen atoms in total. The molecule has 1 heteroatoms. The van der Waals surface area contributed by atoms with Gasteiger partial charge in [-0.3, -0.25) is 4.79 Å². The van der Waals surface area contributed by atoms with E-state index in [1.165, 1.54) is 29.5 Å². The third-order valence-electron chi connectivity index (χ3n) is 6.47. The highest BCUT2D eigenvalue weighted by Crippen LogP contribution is 2.48. The van der Waals surface area contributed by atoms with E-state index in [1.54, 1.807) is 0 Å². The first kappa shape index (κ1) is 18.0. The zero-order valence-corrected chi connectivity index (χ0v) is 16.0. The normalized spacial score (nSPS) is 23.3. The molecule has 2 aromatic rings. The van der Waals surface area contributed by atoms with Gasteiger partial charge in [-0.25, -0.2) is 0 Å². The molecule has 2 atom stereocenters. The highest BCUT2D eigenvalue weighted by Gasteiger charge is 2.48. The van der Waals surface area contributed by atoms with Crippen LogP contribution in [0.3, 0.4) is 0 Å². The summed E-state index contributed by atoms with van der Waals surface area (Å²) in [5.74, 6) is 0.434. The Morgan fingerprint density at radius 2 is 1.78 bits per heavy atom. The summed E-state index contributed by atoms with van der Waals surface area (Å²) in [5.41, 5.74) is 4.38. The Hall–Kier alpha value is -2.41. The van der Waals surface area contributed by atoms with Crippen LogP contribution in [0.1, 0.15) is 53.6 Å². The molecule has 0 amide bonds. The van der Waals surface area contributed by atoms with Crippen molar-refractivity contribution in [3.63, 3.8) is 0 Å². The van der Waals surface area contributed by atoms with Crippen LogP contribution in [0.5, 0.6) is 0 Å². The molecule has 0 aliphatic heterocycles. The minimum absolute atomic E-state index is 0.124. The Kier molecular flexibility index (Phi) is 5.11. The molecule has 0 fully saturated rings. The Morgan fingerprint density at radius 3 is 2.52 bits per heavy atom. The fraction of sp³-hybridized carbons (Fsp3) is 0.346. The van der Waals surface area contributed by atoms with E-state index in [0.29, 0.717) is 5.78 Å². The van der Waals surface area contributed by atoms with Crippen molar-refractivity contribution in [2.24, 2.45) is 11.3 Å². The van der Waals surface area contributed by atoms with Gasteiger partial charge in [0.15, 0.2) is 5.78 Å². The predicted molar refractivity (Wildman–Crippen MR) is 112 cm³/mol. The first-order valence-electron chi connectivity index (χ1n) is 10.2. The van der Waals surface area contributed by atoms with E-state index in [9.17, 15) is 4.79 Å². The molecule has 2 aliphatic carbocycles. The van der Waals surface area contributed by atoms with Crippen molar-refractivity contribution in [1.29, 1.82) is 0 Å². The summed E-state index contributed by atoms with van der Waals surface area (Å²) in [6.45, 7) is 4.20. The van der Waals surface area contributed by atoms with Crippen LogP contribution in [-0.2, 0) is 12.8 Å². The second-order valence-electron chi connectivity index (χ2n) is 8.04. The predicted octanol–water partition coefficient (Wildman–Crippen LogP) is 6.35. The van der Waals surface area contributed by atoms with Gasteiger partial charge in [0.1, 0.15) is 0 Å². The second-order valence-corrected chi connectivity index (χ2v) is 8.04. The molecular weight excluding hydrogens is 328 g/mol. The number of Topliss-reactive ketones (excluding diaryl/α,β-unsaturated/α-hetero) is 1. The van der Waals surface area contributed by atoms with Gasteiger partial charge in [0.25, 0.3) is 0 Å². The summed E-state index contributed by atoms with van der Waals surface area (Å²) >= 11 is 0. The molecule has 0 spiro atoms. The van der Waals surface area contributed by atoms with Gasteiger partial charge in [-0.2, -0.15) is 0 Å². The highest BCUT2D eigenvalue weighted by molar-refractivity contribution is 6.03. The largest absolute Gasteiger partial charge is 0.293 e. The number of rotatable bonds is 5. The van der Waals surface area contributed by atoms with Crippen LogP contribution in [0.2, 0.25) is 0 Å². The lowest BCUT2D eigenvalue weighted by atomic mass is 9.58. The summed E-state index contributed by atoms with van der Waals surface area (Å²) in [4.78, 5) is 13.9. The third kappa shape index (κ3) is 3.32. The van der Waals surface area contributed by atoms with Crippen LogP contribution >= 0.6 is 0 Å². The Labute approximate surface area is 162 Å². The van der Waals surface area contributed by atoms with Crippen molar-refractivity contribution in [2.45, 2.75) is 44.9 Å². The molecule has 4 rings (SSSR count). The number of aryl methyl sites for hydroxylation is 1. The monoisotopic (exact) mass is 356 g/mol. The van der Waals surface area contributed by atoms with Crippen molar-refractivity contribution >= 4 is 5.78 Å². The Morgan fingerprint density at radius 1 is 1.00 bits per heavy atom. The van der Waals surface area contributed by atoms with Gasteiger partial charge in [-0.15, -0.1) is 6.58 Å². The molecule has 0 aromatic heterocycles. The Bertz CT molecular complexity index is 861. The van der Waals surface area contributed by atoms with Crippen LogP contribution < -0.4 is 0 Å². The minimum Gasteiger partial charge on any atom is -0.293 e. The van der Waals surface area contributed by atoms with Crippen LogP contribution in [0.25, 0.3) is 0 Å². The fourth-order valence-electron chi connectivity index (χ4n) is 5.11. The third-order valence-corrected chi connectivity index (χ3v) is 6.47. The standard InChI is InChI=1S/C26H28O/c1-2-24(22-14-7-4-8-15-22)26(19-20-11-5-3-6-12-20)18-17-21-13-9-10-16-23(21)25(26)27/h2-3,5-6,9-14,16,24H,1,4,7-8,15,17-19H2/t24-,26-/m1/s1. The average molecular weight is 357 g/mol. The molecule has 0 saturated heterocycles. The van der Waals surface area contributed by atoms with Crippen molar-refractivity contribution in [3.05, 3.63) is 95.6 Å². The minimum atomic E-state index is -0.416. The van der Waals surface area contributed by atoms with Gasteiger partial charge in [0.2, 0.25) is 0 Å². The van der Waals surface area contributed by atoms with E-state index in [2.05, 4.69) is 49.1 Å². The number of carbonyl (C=O) groups excluding carboxylic acids is 1. The van der Waals surface area contributed by atoms with Gasteiger partial charge < -0.3 is 0 Å². The lowest BCUT2D eigenvalue weighted by Gasteiger charge is -2.43. The SMILES string of the molecule is C=C[C@H](C1=CCCCC1)[C@]1(Cc2ccccc2)CCc2ccccc2C1=O. The quantitative estimate of drug-likeness (QED) is 0.571. The first-order chi connectivity index (χ1) is 13.2. The van der Waals surface area contributed by atoms with E-state index in [4.69, 9.17) is 0 Å². The number of fused-ring (bicyclic) bond motifs is 1. The number of hydrogen-bond acceptors (Lipinski definition) is 1. The van der Waals surface area contributed by atoms with Gasteiger partial charge in [0.05, 0.1) is 0 Å². The molecule has 138 valence electrons. The molecule has 2 aliphatic rings. The van der Waals surface area contributed by atoms with Crippen molar-refractivity contribution in [2.75, 3.05) is 0 Å². The van der Waals surface area contributed by atoms with Crippen LogP contribution in [0, 0.1) is 11.3 Å². The molecule has 0 saturated carbocycles. The average Bonchev–Trinajstić information content (AvgIpc) is 2.73. The van der Waals surface area contributed by atoms with Crippen LogP contribution in [-0.4, -0.2) is 5.78 Å².